The van der Waals surface area contributed by atoms with Crippen molar-refractivity contribution >= 4 is 5.82 Å². The highest BCUT2D eigenvalue weighted by molar-refractivity contribution is 5.36. The van der Waals surface area contributed by atoms with Crippen LogP contribution in [0.5, 0.6) is 0 Å². The van der Waals surface area contributed by atoms with Crippen LogP contribution in [-0.4, -0.2) is 30.1 Å². The van der Waals surface area contributed by atoms with Crippen LogP contribution >= 0.6 is 0 Å². The molecule has 1 heterocycles. The minimum atomic E-state index is 0.790. The second-order valence-corrected chi connectivity index (χ2v) is 5.69. The molecule has 1 aromatic rings. The molecule has 0 spiro atoms. The first-order chi connectivity index (χ1) is 8.85. The van der Waals surface area contributed by atoms with Crippen LogP contribution in [0.15, 0.2) is 12.4 Å². The Hall–Kier alpha value is -1.16. The van der Waals surface area contributed by atoms with Gasteiger partial charge in [0.05, 0.1) is 18.1 Å². The normalized spacial score (nSPS) is 18.9. The minimum Gasteiger partial charge on any atom is -0.355 e. The van der Waals surface area contributed by atoms with E-state index in [1.54, 1.807) is 0 Å². The zero-order valence-corrected chi connectivity index (χ0v) is 11.1. The average Bonchev–Trinajstić information content (AvgIpc) is 3.25. The van der Waals surface area contributed by atoms with Crippen LogP contribution in [-0.2, 0) is 6.54 Å². The molecule has 2 saturated carbocycles. The first kappa shape index (κ1) is 11.9. The molecule has 18 heavy (non-hydrogen) atoms. The number of nitrogens with zero attached hydrogens (tertiary/aromatic N) is 3. The largest absolute Gasteiger partial charge is 0.355 e. The van der Waals surface area contributed by atoms with Crippen molar-refractivity contribution in [1.82, 2.24) is 15.3 Å². The lowest BCUT2D eigenvalue weighted by Gasteiger charge is -2.23. The Labute approximate surface area is 109 Å². The van der Waals surface area contributed by atoms with Crippen LogP contribution < -0.4 is 10.2 Å². The van der Waals surface area contributed by atoms with Crippen molar-refractivity contribution in [2.45, 2.75) is 32.2 Å². The summed E-state index contributed by atoms with van der Waals surface area (Å²) >= 11 is 0. The van der Waals surface area contributed by atoms with E-state index in [1.807, 2.05) is 19.4 Å². The van der Waals surface area contributed by atoms with Crippen molar-refractivity contribution in [1.29, 1.82) is 0 Å². The van der Waals surface area contributed by atoms with Gasteiger partial charge >= 0.3 is 0 Å². The maximum atomic E-state index is 4.58. The van der Waals surface area contributed by atoms with Crippen LogP contribution in [0, 0.1) is 11.8 Å². The molecule has 2 aliphatic carbocycles. The van der Waals surface area contributed by atoms with Crippen molar-refractivity contribution in [3.8, 4) is 0 Å². The van der Waals surface area contributed by atoms with Gasteiger partial charge in [-0.25, -0.2) is 4.98 Å². The van der Waals surface area contributed by atoms with Crippen molar-refractivity contribution in [2.75, 3.05) is 25.0 Å². The molecule has 4 heteroatoms. The van der Waals surface area contributed by atoms with Crippen LogP contribution in [0.4, 0.5) is 5.82 Å². The zero-order valence-electron chi connectivity index (χ0n) is 11.1. The molecule has 98 valence electrons. The highest BCUT2D eigenvalue weighted by Gasteiger charge is 2.29. The summed E-state index contributed by atoms with van der Waals surface area (Å²) in [5.74, 6) is 2.87. The van der Waals surface area contributed by atoms with Gasteiger partial charge in [0, 0.05) is 19.6 Å². The third-order valence-corrected chi connectivity index (χ3v) is 3.72. The van der Waals surface area contributed by atoms with Crippen LogP contribution in [0.25, 0.3) is 0 Å². The number of aromatic nitrogens is 2. The Morgan fingerprint density at radius 2 is 1.78 bits per heavy atom. The molecular formula is C14H22N4. The summed E-state index contributed by atoms with van der Waals surface area (Å²) in [5, 5.41) is 3.10. The van der Waals surface area contributed by atoms with Crippen molar-refractivity contribution in [3.05, 3.63) is 18.1 Å². The number of rotatable bonds is 7. The number of nitrogens with one attached hydrogen (secondary N) is 1. The molecule has 2 fully saturated rings. The summed E-state index contributed by atoms with van der Waals surface area (Å²) in [6.07, 6.45) is 9.42. The van der Waals surface area contributed by atoms with Crippen LogP contribution in [0.1, 0.15) is 31.4 Å². The summed E-state index contributed by atoms with van der Waals surface area (Å²) in [6, 6.07) is 0. The van der Waals surface area contributed by atoms with E-state index in [2.05, 4.69) is 20.2 Å². The summed E-state index contributed by atoms with van der Waals surface area (Å²) in [5.41, 5.74) is 1.01. The van der Waals surface area contributed by atoms with E-state index in [1.165, 1.54) is 38.8 Å². The smallest absolute Gasteiger partial charge is 0.147 e. The van der Waals surface area contributed by atoms with Gasteiger partial charge in [-0.2, -0.15) is 0 Å². The Kier molecular flexibility index (Phi) is 3.46. The third kappa shape index (κ3) is 3.19. The van der Waals surface area contributed by atoms with E-state index < -0.39 is 0 Å². The molecule has 2 aliphatic rings. The first-order valence-electron chi connectivity index (χ1n) is 7.05. The number of hydrogen-bond donors (Lipinski definition) is 1. The van der Waals surface area contributed by atoms with E-state index in [9.17, 15) is 0 Å². The van der Waals surface area contributed by atoms with Crippen molar-refractivity contribution in [2.24, 2.45) is 11.8 Å². The lowest BCUT2D eigenvalue weighted by molar-refractivity contribution is 0.668. The molecule has 0 amide bonds. The quantitative estimate of drug-likeness (QED) is 0.797. The Morgan fingerprint density at radius 3 is 2.22 bits per heavy atom. The van der Waals surface area contributed by atoms with Gasteiger partial charge in [0.2, 0.25) is 0 Å². The molecule has 0 atom stereocenters. The van der Waals surface area contributed by atoms with Crippen molar-refractivity contribution in [3.63, 3.8) is 0 Å². The van der Waals surface area contributed by atoms with Gasteiger partial charge in [0.15, 0.2) is 0 Å². The minimum absolute atomic E-state index is 0.790. The lowest BCUT2D eigenvalue weighted by Crippen LogP contribution is -2.29. The fraction of sp³-hybridized carbons (Fsp3) is 0.714. The Morgan fingerprint density at radius 1 is 1.11 bits per heavy atom. The van der Waals surface area contributed by atoms with Gasteiger partial charge in [-0.05, 0) is 44.6 Å². The SMILES string of the molecule is CNCc1cnc(N(CC2CC2)CC2CC2)cn1. The monoisotopic (exact) mass is 246 g/mol. The summed E-state index contributed by atoms with van der Waals surface area (Å²) in [7, 11) is 1.93. The van der Waals surface area contributed by atoms with Crippen LogP contribution in [0.3, 0.4) is 0 Å². The summed E-state index contributed by atoms with van der Waals surface area (Å²) in [6.45, 7) is 3.14. The number of hydrogen-bond acceptors (Lipinski definition) is 4. The zero-order chi connectivity index (χ0) is 12.4. The molecule has 0 unspecified atom stereocenters. The van der Waals surface area contributed by atoms with E-state index in [0.717, 1.165) is 29.9 Å². The van der Waals surface area contributed by atoms with E-state index in [-0.39, 0.29) is 0 Å². The van der Waals surface area contributed by atoms with Gasteiger partial charge in [0.1, 0.15) is 5.82 Å². The summed E-state index contributed by atoms with van der Waals surface area (Å²) < 4.78 is 0. The van der Waals surface area contributed by atoms with E-state index >= 15 is 0 Å². The molecule has 1 aromatic heterocycles. The highest BCUT2D eigenvalue weighted by atomic mass is 15.2. The molecular weight excluding hydrogens is 224 g/mol. The lowest BCUT2D eigenvalue weighted by atomic mass is 10.3. The topological polar surface area (TPSA) is 41.1 Å². The highest BCUT2D eigenvalue weighted by Crippen LogP contribution is 2.35. The maximum Gasteiger partial charge on any atom is 0.147 e. The second kappa shape index (κ2) is 5.22. The van der Waals surface area contributed by atoms with Gasteiger partial charge in [0.25, 0.3) is 0 Å². The Bertz CT molecular complexity index is 367. The standard InChI is InChI=1S/C14H22N4/c1-15-6-13-7-17-14(8-16-13)18(9-11-2-3-11)10-12-4-5-12/h7-8,11-12,15H,2-6,9-10H2,1H3. The molecule has 1 N–H and O–H groups in total. The summed E-state index contributed by atoms with van der Waals surface area (Å²) in [4.78, 5) is 11.5. The van der Waals surface area contributed by atoms with E-state index in [4.69, 9.17) is 0 Å². The van der Waals surface area contributed by atoms with Gasteiger partial charge in [-0.1, -0.05) is 0 Å². The molecule has 4 nitrogen and oxygen atoms in total. The predicted molar refractivity (Wildman–Crippen MR) is 72.5 cm³/mol. The first-order valence-corrected chi connectivity index (χ1v) is 7.05. The van der Waals surface area contributed by atoms with E-state index in [0.29, 0.717) is 0 Å². The Balaban J connectivity index is 1.66. The van der Waals surface area contributed by atoms with Crippen molar-refractivity contribution < 1.29 is 0 Å². The van der Waals surface area contributed by atoms with Gasteiger partial charge in [-0.3, -0.25) is 4.98 Å². The average molecular weight is 246 g/mol. The fourth-order valence-electron chi connectivity index (χ4n) is 2.27. The molecule has 0 bridgehead atoms. The maximum absolute atomic E-state index is 4.58. The molecule has 0 radical (unpaired) electrons. The molecule has 3 rings (SSSR count). The van der Waals surface area contributed by atoms with Gasteiger partial charge in [-0.15, -0.1) is 0 Å². The second-order valence-electron chi connectivity index (χ2n) is 5.69. The predicted octanol–water partition coefficient (Wildman–Crippen LogP) is 1.82. The fourth-order valence-corrected chi connectivity index (χ4v) is 2.27. The molecule has 0 saturated heterocycles. The number of anilines is 1. The molecule has 0 aromatic carbocycles. The van der Waals surface area contributed by atoms with Crippen LogP contribution in [0.2, 0.25) is 0 Å². The third-order valence-electron chi connectivity index (χ3n) is 3.72. The van der Waals surface area contributed by atoms with Gasteiger partial charge < -0.3 is 10.2 Å². The molecule has 0 aliphatic heterocycles.